The van der Waals surface area contributed by atoms with Gasteiger partial charge in [-0.1, -0.05) is 25.1 Å². The van der Waals surface area contributed by atoms with Gasteiger partial charge in [0, 0.05) is 36.7 Å². The Hall–Kier alpha value is -3.46. The number of halogens is 2. The number of nitrogens with zero attached hydrogens (tertiary/aromatic N) is 3. The number of alkyl halides is 1. The van der Waals surface area contributed by atoms with Crippen LogP contribution in [-0.4, -0.2) is 45.0 Å². The second-order valence-corrected chi connectivity index (χ2v) is 8.89. The van der Waals surface area contributed by atoms with Crippen molar-refractivity contribution in [3.8, 4) is 0 Å². The SMILES string of the molecule is CCc1nc2ccc(CN3CC=C(c4ccc(C(N)=O)nc4C4CC4)C(F)C3)c(F)c2[nH]c1=O. The van der Waals surface area contributed by atoms with Crippen molar-refractivity contribution >= 4 is 22.5 Å². The third-order valence-corrected chi connectivity index (χ3v) is 6.46. The minimum absolute atomic E-state index is 0.0689. The van der Waals surface area contributed by atoms with Gasteiger partial charge in [-0.2, -0.15) is 0 Å². The van der Waals surface area contributed by atoms with Crippen molar-refractivity contribution in [2.24, 2.45) is 5.73 Å². The second kappa shape index (κ2) is 8.72. The van der Waals surface area contributed by atoms with Crippen LogP contribution in [0, 0.1) is 5.82 Å². The number of primary amides is 1. The lowest BCUT2D eigenvalue weighted by atomic mass is 9.94. The van der Waals surface area contributed by atoms with E-state index in [0.29, 0.717) is 40.9 Å². The maximum Gasteiger partial charge on any atom is 0.270 e. The lowest BCUT2D eigenvalue weighted by Crippen LogP contribution is -2.35. The summed E-state index contributed by atoms with van der Waals surface area (Å²) in [6, 6.07) is 6.57. The highest BCUT2D eigenvalue weighted by Crippen LogP contribution is 2.43. The van der Waals surface area contributed by atoms with Gasteiger partial charge >= 0.3 is 0 Å². The largest absolute Gasteiger partial charge is 0.364 e. The first kappa shape index (κ1) is 22.3. The number of pyridine rings is 1. The van der Waals surface area contributed by atoms with Crippen molar-refractivity contribution < 1.29 is 13.6 Å². The second-order valence-electron chi connectivity index (χ2n) is 8.89. The molecule has 2 aromatic heterocycles. The van der Waals surface area contributed by atoms with Crippen LogP contribution in [0.5, 0.6) is 0 Å². The molecule has 1 saturated carbocycles. The van der Waals surface area contributed by atoms with Crippen molar-refractivity contribution in [3.63, 3.8) is 0 Å². The maximum absolute atomic E-state index is 15.3. The minimum Gasteiger partial charge on any atom is -0.364 e. The molecule has 1 fully saturated rings. The van der Waals surface area contributed by atoms with Crippen LogP contribution in [0.2, 0.25) is 0 Å². The Morgan fingerprint density at radius 1 is 1.24 bits per heavy atom. The number of hydrogen-bond donors (Lipinski definition) is 2. The molecule has 176 valence electrons. The van der Waals surface area contributed by atoms with E-state index in [0.717, 1.165) is 18.5 Å². The number of fused-ring (bicyclic) bond motifs is 1. The number of amides is 1. The van der Waals surface area contributed by atoms with E-state index in [-0.39, 0.29) is 30.2 Å². The Morgan fingerprint density at radius 2 is 2.03 bits per heavy atom. The number of aromatic amines is 1. The highest BCUT2D eigenvalue weighted by Gasteiger charge is 2.32. The molecule has 0 bridgehead atoms. The first-order chi connectivity index (χ1) is 16.4. The summed E-state index contributed by atoms with van der Waals surface area (Å²) in [5, 5.41) is 0. The molecular weight excluding hydrogens is 440 g/mol. The molecule has 34 heavy (non-hydrogen) atoms. The molecule has 3 aromatic rings. The molecule has 1 aromatic carbocycles. The summed E-state index contributed by atoms with van der Waals surface area (Å²) in [4.78, 5) is 36.7. The van der Waals surface area contributed by atoms with E-state index >= 15 is 8.78 Å². The van der Waals surface area contributed by atoms with Crippen LogP contribution in [-0.2, 0) is 13.0 Å². The smallest absolute Gasteiger partial charge is 0.270 e. The van der Waals surface area contributed by atoms with E-state index in [1.54, 1.807) is 24.3 Å². The molecule has 9 heteroatoms. The summed E-state index contributed by atoms with van der Waals surface area (Å²) < 4.78 is 30.5. The van der Waals surface area contributed by atoms with Gasteiger partial charge in [0.1, 0.15) is 23.1 Å². The van der Waals surface area contributed by atoms with Crippen LogP contribution in [0.15, 0.2) is 35.1 Å². The monoisotopic (exact) mass is 465 g/mol. The molecule has 2 aliphatic rings. The molecular formula is C25H25F2N5O2. The van der Waals surface area contributed by atoms with Crippen LogP contribution >= 0.6 is 0 Å². The van der Waals surface area contributed by atoms with E-state index in [4.69, 9.17) is 5.73 Å². The first-order valence-electron chi connectivity index (χ1n) is 11.4. The third-order valence-electron chi connectivity index (χ3n) is 6.46. The molecule has 1 unspecified atom stereocenters. The van der Waals surface area contributed by atoms with Gasteiger partial charge in [-0.05, 0) is 37.0 Å². The van der Waals surface area contributed by atoms with Gasteiger partial charge in [0.2, 0.25) is 0 Å². The number of nitrogens with one attached hydrogen (secondary N) is 1. The highest BCUT2D eigenvalue weighted by molar-refractivity contribution is 5.91. The van der Waals surface area contributed by atoms with E-state index in [1.165, 1.54) is 6.07 Å². The molecule has 1 aliphatic carbocycles. The highest BCUT2D eigenvalue weighted by atomic mass is 19.1. The number of carbonyl (C=O) groups excluding carboxylic acids is 1. The quantitative estimate of drug-likeness (QED) is 0.582. The lowest BCUT2D eigenvalue weighted by Gasteiger charge is -2.30. The summed E-state index contributed by atoms with van der Waals surface area (Å²) >= 11 is 0. The summed E-state index contributed by atoms with van der Waals surface area (Å²) in [6.45, 7) is 2.53. The predicted molar refractivity (Wildman–Crippen MR) is 125 cm³/mol. The molecule has 1 atom stereocenters. The predicted octanol–water partition coefficient (Wildman–Crippen LogP) is 3.23. The number of rotatable bonds is 6. The zero-order valence-electron chi connectivity index (χ0n) is 18.8. The topological polar surface area (TPSA) is 105 Å². The fourth-order valence-electron chi connectivity index (χ4n) is 4.49. The van der Waals surface area contributed by atoms with Crippen LogP contribution < -0.4 is 11.3 Å². The van der Waals surface area contributed by atoms with Gasteiger partial charge in [-0.15, -0.1) is 0 Å². The summed E-state index contributed by atoms with van der Waals surface area (Å²) in [5.74, 6) is -0.928. The summed E-state index contributed by atoms with van der Waals surface area (Å²) in [6.07, 6.45) is 2.88. The molecule has 5 rings (SSSR count). The standard InChI is InChI=1S/C25H25F2N5O2/c1-2-18-25(34)31-23-19(29-18)7-5-14(21(23)27)11-32-10-9-15(17(26)12-32)16-6-8-20(24(28)33)30-22(16)13-3-4-13/h5-9,13,17H,2-4,10-12H2,1H3,(H2,28,33)(H,31,34). The molecule has 3 heterocycles. The molecule has 0 saturated heterocycles. The van der Waals surface area contributed by atoms with E-state index in [9.17, 15) is 9.59 Å². The number of hydrogen-bond acceptors (Lipinski definition) is 5. The lowest BCUT2D eigenvalue weighted by molar-refractivity contribution is 0.0995. The fourth-order valence-corrected chi connectivity index (χ4v) is 4.49. The number of nitrogens with two attached hydrogens (primary N) is 1. The number of H-pyrrole nitrogens is 1. The zero-order valence-corrected chi connectivity index (χ0v) is 18.8. The molecule has 0 radical (unpaired) electrons. The van der Waals surface area contributed by atoms with Crippen molar-refractivity contribution in [2.75, 3.05) is 13.1 Å². The number of carbonyl (C=O) groups is 1. The molecule has 1 amide bonds. The average Bonchev–Trinajstić information content (AvgIpc) is 3.66. The number of benzene rings is 1. The Bertz CT molecular complexity index is 1380. The maximum atomic E-state index is 15.3. The Balaban J connectivity index is 1.40. The Kier molecular flexibility index (Phi) is 5.73. The molecule has 0 spiro atoms. The molecule has 3 N–H and O–H groups in total. The van der Waals surface area contributed by atoms with Gasteiger partial charge in [0.05, 0.1) is 11.2 Å². The number of aryl methyl sites for hydroxylation is 1. The van der Waals surface area contributed by atoms with Gasteiger partial charge < -0.3 is 10.7 Å². The van der Waals surface area contributed by atoms with Gasteiger partial charge in [0.25, 0.3) is 11.5 Å². The first-order valence-corrected chi connectivity index (χ1v) is 11.4. The van der Waals surface area contributed by atoms with Crippen molar-refractivity contribution in [3.05, 3.63) is 74.7 Å². The Morgan fingerprint density at radius 3 is 2.71 bits per heavy atom. The number of aromatic nitrogens is 3. The summed E-state index contributed by atoms with van der Waals surface area (Å²) in [5.41, 5.74) is 8.32. The molecule has 1 aliphatic heterocycles. The van der Waals surface area contributed by atoms with Crippen molar-refractivity contribution in [1.29, 1.82) is 0 Å². The van der Waals surface area contributed by atoms with Gasteiger partial charge in [-0.25, -0.2) is 18.7 Å². The normalized spacial score (nSPS) is 18.8. The van der Waals surface area contributed by atoms with Crippen molar-refractivity contribution in [1.82, 2.24) is 19.9 Å². The van der Waals surface area contributed by atoms with Crippen molar-refractivity contribution in [2.45, 2.75) is 44.8 Å². The van der Waals surface area contributed by atoms with Gasteiger partial charge in [0.15, 0.2) is 5.82 Å². The third kappa shape index (κ3) is 4.11. The van der Waals surface area contributed by atoms with E-state index < -0.39 is 23.5 Å². The average molecular weight is 466 g/mol. The minimum atomic E-state index is -1.29. The van der Waals surface area contributed by atoms with E-state index in [1.807, 2.05) is 11.8 Å². The molecule has 7 nitrogen and oxygen atoms in total. The van der Waals surface area contributed by atoms with Crippen LogP contribution in [0.25, 0.3) is 16.6 Å². The van der Waals surface area contributed by atoms with Crippen LogP contribution in [0.3, 0.4) is 0 Å². The van der Waals surface area contributed by atoms with Gasteiger partial charge in [-0.3, -0.25) is 14.5 Å². The fraction of sp³-hybridized carbons (Fsp3) is 0.360. The van der Waals surface area contributed by atoms with E-state index in [2.05, 4.69) is 15.0 Å². The summed E-state index contributed by atoms with van der Waals surface area (Å²) in [7, 11) is 0. The van der Waals surface area contributed by atoms with Crippen LogP contribution in [0.4, 0.5) is 8.78 Å². The Labute approximate surface area is 194 Å². The van der Waals surface area contributed by atoms with Crippen LogP contribution in [0.1, 0.15) is 58.7 Å². The zero-order chi connectivity index (χ0) is 24.0.